The van der Waals surface area contributed by atoms with E-state index in [2.05, 4.69) is 4.98 Å². The Bertz CT molecular complexity index is 1140. The van der Waals surface area contributed by atoms with Gasteiger partial charge in [-0.15, -0.1) is 0 Å². The molecular formula is C22H22FN3O4. The molecule has 0 atom stereocenters. The number of halogens is 1. The lowest BCUT2D eigenvalue weighted by Crippen LogP contribution is -2.35. The number of benzene rings is 2. The van der Waals surface area contributed by atoms with Crippen LogP contribution in [0.1, 0.15) is 18.1 Å². The third-order valence-corrected chi connectivity index (χ3v) is 4.71. The van der Waals surface area contributed by atoms with Crippen LogP contribution in [0.2, 0.25) is 0 Å². The van der Waals surface area contributed by atoms with Crippen LogP contribution in [0, 0.1) is 12.7 Å². The van der Waals surface area contributed by atoms with E-state index in [1.165, 1.54) is 23.4 Å². The quantitative estimate of drug-likeness (QED) is 0.558. The van der Waals surface area contributed by atoms with Gasteiger partial charge in [-0.2, -0.15) is 0 Å². The van der Waals surface area contributed by atoms with Crippen molar-refractivity contribution in [2.45, 2.75) is 26.9 Å². The zero-order chi connectivity index (χ0) is 21.7. The molecule has 0 N–H and O–H groups in total. The monoisotopic (exact) mass is 411 g/mol. The highest BCUT2D eigenvalue weighted by molar-refractivity contribution is 5.82. The summed E-state index contributed by atoms with van der Waals surface area (Å²) in [6.07, 6.45) is 1.29. The highest BCUT2D eigenvalue weighted by Crippen LogP contribution is 2.11. The molecule has 0 fully saturated rings. The molecule has 1 amide bonds. The predicted molar refractivity (Wildman–Crippen MR) is 109 cm³/mol. The summed E-state index contributed by atoms with van der Waals surface area (Å²) >= 11 is 0. The molecule has 0 spiro atoms. The molecule has 2 aromatic carbocycles. The van der Waals surface area contributed by atoms with Gasteiger partial charge in [0.1, 0.15) is 12.4 Å². The summed E-state index contributed by atoms with van der Waals surface area (Å²) in [4.78, 5) is 42.8. The summed E-state index contributed by atoms with van der Waals surface area (Å²) in [5.74, 6) is -1.51. The standard InChI is InChI=1S/C22H22FN3O4/c1-3-25(11-16-7-5-8-17(23)10-16)19(27)13-30-20(28)12-26-14-24-21-15(2)6-4-9-18(21)22(26)29/h4-10,14H,3,11-13H2,1-2H3. The minimum Gasteiger partial charge on any atom is -0.454 e. The average molecular weight is 411 g/mol. The minimum absolute atomic E-state index is 0.206. The fraction of sp³-hybridized carbons (Fsp3) is 0.273. The molecule has 0 unspecified atom stereocenters. The lowest BCUT2D eigenvalue weighted by atomic mass is 10.1. The highest BCUT2D eigenvalue weighted by Gasteiger charge is 2.16. The summed E-state index contributed by atoms with van der Waals surface area (Å²) in [6, 6.07) is 11.2. The molecule has 30 heavy (non-hydrogen) atoms. The molecule has 1 aromatic heterocycles. The molecule has 0 radical (unpaired) electrons. The second-order valence-electron chi connectivity index (χ2n) is 6.85. The van der Waals surface area contributed by atoms with Crippen LogP contribution >= 0.6 is 0 Å². The maximum absolute atomic E-state index is 13.3. The van der Waals surface area contributed by atoms with E-state index in [1.54, 1.807) is 31.2 Å². The van der Waals surface area contributed by atoms with Gasteiger partial charge >= 0.3 is 5.97 Å². The Morgan fingerprint density at radius 3 is 2.70 bits per heavy atom. The zero-order valence-electron chi connectivity index (χ0n) is 16.8. The number of ether oxygens (including phenoxy) is 1. The van der Waals surface area contributed by atoms with Crippen LogP contribution in [0.5, 0.6) is 0 Å². The largest absolute Gasteiger partial charge is 0.454 e. The maximum atomic E-state index is 13.3. The minimum atomic E-state index is -0.721. The van der Waals surface area contributed by atoms with Crippen molar-refractivity contribution in [1.82, 2.24) is 14.5 Å². The van der Waals surface area contributed by atoms with Crippen LogP contribution in [0.3, 0.4) is 0 Å². The van der Waals surface area contributed by atoms with Crippen molar-refractivity contribution in [2.24, 2.45) is 0 Å². The van der Waals surface area contributed by atoms with Crippen LogP contribution in [-0.4, -0.2) is 39.5 Å². The Labute approximate surface area is 172 Å². The SMILES string of the molecule is CCN(Cc1cccc(F)c1)C(=O)COC(=O)Cn1cnc2c(C)cccc2c1=O. The first-order valence-corrected chi connectivity index (χ1v) is 9.51. The van der Waals surface area contributed by atoms with Crippen LogP contribution in [0.4, 0.5) is 4.39 Å². The van der Waals surface area contributed by atoms with Gasteiger partial charge < -0.3 is 9.64 Å². The fourth-order valence-corrected chi connectivity index (χ4v) is 3.10. The first-order chi connectivity index (χ1) is 14.4. The smallest absolute Gasteiger partial charge is 0.326 e. The predicted octanol–water partition coefficient (Wildman–Crippen LogP) is 2.44. The number of hydrogen-bond acceptors (Lipinski definition) is 5. The second-order valence-corrected chi connectivity index (χ2v) is 6.85. The van der Waals surface area contributed by atoms with Crippen molar-refractivity contribution in [1.29, 1.82) is 0 Å². The first kappa shape index (κ1) is 21.2. The van der Waals surface area contributed by atoms with Crippen LogP contribution in [-0.2, 0) is 27.4 Å². The number of hydrogen-bond donors (Lipinski definition) is 0. The van der Waals surface area contributed by atoms with Gasteiger partial charge in [0.25, 0.3) is 11.5 Å². The van der Waals surface area contributed by atoms with E-state index >= 15 is 0 Å². The summed E-state index contributed by atoms with van der Waals surface area (Å²) in [6.45, 7) is 3.40. The molecule has 156 valence electrons. The Balaban J connectivity index is 1.61. The molecule has 3 aromatic rings. The molecule has 1 heterocycles. The van der Waals surface area contributed by atoms with Crippen molar-refractivity contribution < 1.29 is 18.7 Å². The van der Waals surface area contributed by atoms with Gasteiger partial charge in [-0.05, 0) is 43.2 Å². The van der Waals surface area contributed by atoms with Crippen molar-refractivity contribution in [3.63, 3.8) is 0 Å². The molecule has 0 saturated heterocycles. The number of amides is 1. The zero-order valence-corrected chi connectivity index (χ0v) is 16.8. The molecular weight excluding hydrogens is 389 g/mol. The maximum Gasteiger partial charge on any atom is 0.326 e. The van der Waals surface area contributed by atoms with Gasteiger partial charge in [-0.3, -0.25) is 19.0 Å². The van der Waals surface area contributed by atoms with Crippen LogP contribution < -0.4 is 5.56 Å². The Kier molecular flexibility index (Phi) is 6.56. The number of carbonyl (C=O) groups is 2. The molecule has 7 nitrogen and oxygen atoms in total. The fourth-order valence-electron chi connectivity index (χ4n) is 3.10. The van der Waals surface area contributed by atoms with Gasteiger partial charge in [0.05, 0.1) is 17.2 Å². The van der Waals surface area contributed by atoms with Crippen LogP contribution in [0.15, 0.2) is 53.6 Å². The normalized spacial score (nSPS) is 10.8. The Morgan fingerprint density at radius 2 is 1.97 bits per heavy atom. The molecule has 0 aliphatic heterocycles. The van der Waals surface area contributed by atoms with Gasteiger partial charge in [0, 0.05) is 13.1 Å². The van der Waals surface area contributed by atoms with E-state index < -0.39 is 18.5 Å². The molecule has 0 aliphatic rings. The van der Waals surface area contributed by atoms with E-state index in [4.69, 9.17) is 4.74 Å². The number of fused-ring (bicyclic) bond motifs is 1. The number of nitrogens with zero attached hydrogens (tertiary/aromatic N) is 3. The molecule has 0 bridgehead atoms. The third-order valence-electron chi connectivity index (χ3n) is 4.71. The number of esters is 1. The van der Waals surface area contributed by atoms with Gasteiger partial charge in [-0.25, -0.2) is 9.37 Å². The first-order valence-electron chi connectivity index (χ1n) is 9.51. The number of carbonyl (C=O) groups excluding carboxylic acids is 2. The number of aryl methyl sites for hydroxylation is 1. The molecule has 8 heteroatoms. The Hall–Kier alpha value is -3.55. The third kappa shape index (κ3) is 4.89. The van der Waals surface area contributed by atoms with E-state index in [-0.39, 0.29) is 24.5 Å². The van der Waals surface area contributed by atoms with E-state index in [9.17, 15) is 18.8 Å². The lowest BCUT2D eigenvalue weighted by Gasteiger charge is -2.21. The summed E-state index contributed by atoms with van der Waals surface area (Å²) in [5.41, 5.74) is 1.73. The van der Waals surface area contributed by atoms with Crippen molar-refractivity contribution in [2.75, 3.05) is 13.2 Å². The number of aromatic nitrogens is 2. The van der Waals surface area contributed by atoms with Gasteiger partial charge in [0.2, 0.25) is 0 Å². The Morgan fingerprint density at radius 1 is 1.20 bits per heavy atom. The van der Waals surface area contributed by atoms with Crippen molar-refractivity contribution in [3.8, 4) is 0 Å². The van der Waals surface area contributed by atoms with E-state index in [0.29, 0.717) is 23.0 Å². The van der Waals surface area contributed by atoms with Crippen LogP contribution in [0.25, 0.3) is 10.9 Å². The summed E-state index contributed by atoms with van der Waals surface area (Å²) < 4.78 is 19.5. The lowest BCUT2D eigenvalue weighted by molar-refractivity contribution is -0.152. The average Bonchev–Trinajstić information content (AvgIpc) is 2.73. The van der Waals surface area contributed by atoms with Gasteiger partial charge in [-0.1, -0.05) is 24.3 Å². The van der Waals surface area contributed by atoms with Crippen molar-refractivity contribution >= 4 is 22.8 Å². The number of para-hydroxylation sites is 1. The van der Waals surface area contributed by atoms with E-state index in [1.807, 2.05) is 13.0 Å². The topological polar surface area (TPSA) is 81.5 Å². The molecule has 0 aliphatic carbocycles. The van der Waals surface area contributed by atoms with E-state index in [0.717, 1.165) is 10.1 Å². The summed E-state index contributed by atoms with van der Waals surface area (Å²) in [5, 5.41) is 0.411. The second kappa shape index (κ2) is 9.30. The number of likely N-dealkylation sites (N-methyl/N-ethyl adjacent to an activating group) is 1. The molecule has 3 rings (SSSR count). The number of rotatable bonds is 7. The highest BCUT2D eigenvalue weighted by atomic mass is 19.1. The van der Waals surface area contributed by atoms with Gasteiger partial charge in [0.15, 0.2) is 6.61 Å². The molecule has 0 saturated carbocycles. The van der Waals surface area contributed by atoms with Crippen molar-refractivity contribution in [3.05, 3.63) is 76.1 Å². The summed E-state index contributed by atoms with van der Waals surface area (Å²) in [7, 11) is 0.